The van der Waals surface area contributed by atoms with Crippen molar-refractivity contribution in [3.63, 3.8) is 0 Å². The predicted octanol–water partition coefficient (Wildman–Crippen LogP) is 3.70. The second-order valence-electron chi connectivity index (χ2n) is 7.33. The standard InChI is InChI=1S/C19H30N6S.HI/c1-14(2)12-25-10-9-21-17(25)11-22-19(20-3)24(4)13-18-23-15-7-5-6-8-16(15)26-18;/h9-10,14H,5-8,11-13H2,1-4H3,(H,20,22);1H. The van der Waals surface area contributed by atoms with E-state index in [4.69, 9.17) is 4.98 Å². The van der Waals surface area contributed by atoms with Crippen LogP contribution < -0.4 is 5.32 Å². The summed E-state index contributed by atoms with van der Waals surface area (Å²) in [6, 6.07) is 0. The number of imidazole rings is 1. The second kappa shape index (κ2) is 10.4. The van der Waals surface area contributed by atoms with Gasteiger partial charge in [-0.05, 0) is 31.6 Å². The third-order valence-electron chi connectivity index (χ3n) is 4.60. The summed E-state index contributed by atoms with van der Waals surface area (Å²) in [5.41, 5.74) is 1.32. The lowest BCUT2D eigenvalue weighted by Crippen LogP contribution is -2.38. The molecule has 0 saturated heterocycles. The van der Waals surface area contributed by atoms with Gasteiger partial charge in [0.1, 0.15) is 10.8 Å². The quantitative estimate of drug-likeness (QED) is 0.372. The maximum Gasteiger partial charge on any atom is 0.194 e. The van der Waals surface area contributed by atoms with Crippen molar-refractivity contribution in [3.05, 3.63) is 33.8 Å². The minimum Gasteiger partial charge on any atom is -0.349 e. The molecule has 0 saturated carbocycles. The van der Waals surface area contributed by atoms with Crippen molar-refractivity contribution in [2.45, 2.75) is 59.2 Å². The summed E-state index contributed by atoms with van der Waals surface area (Å²) in [5.74, 6) is 2.51. The van der Waals surface area contributed by atoms with E-state index in [0.717, 1.165) is 31.3 Å². The van der Waals surface area contributed by atoms with Crippen molar-refractivity contribution < 1.29 is 0 Å². The van der Waals surface area contributed by atoms with Gasteiger partial charge in [-0.15, -0.1) is 35.3 Å². The van der Waals surface area contributed by atoms with Crippen LogP contribution in [0.15, 0.2) is 17.4 Å². The van der Waals surface area contributed by atoms with E-state index in [1.165, 1.54) is 34.8 Å². The van der Waals surface area contributed by atoms with Gasteiger partial charge in [-0.1, -0.05) is 13.8 Å². The van der Waals surface area contributed by atoms with Gasteiger partial charge in [-0.2, -0.15) is 0 Å². The van der Waals surface area contributed by atoms with E-state index in [2.05, 4.69) is 45.7 Å². The molecule has 1 aliphatic carbocycles. The first-order valence-electron chi connectivity index (χ1n) is 9.46. The first-order chi connectivity index (χ1) is 12.6. The highest BCUT2D eigenvalue weighted by atomic mass is 127. The Labute approximate surface area is 183 Å². The van der Waals surface area contributed by atoms with Crippen LogP contribution in [-0.2, 0) is 32.5 Å². The molecule has 0 aliphatic heterocycles. The zero-order valence-electron chi connectivity index (χ0n) is 16.7. The Bertz CT molecular complexity index is 728. The van der Waals surface area contributed by atoms with Gasteiger partial charge in [0.2, 0.25) is 0 Å². The monoisotopic (exact) mass is 502 g/mol. The molecule has 27 heavy (non-hydrogen) atoms. The van der Waals surface area contributed by atoms with Crippen molar-refractivity contribution in [2.75, 3.05) is 14.1 Å². The molecule has 0 fully saturated rings. The van der Waals surface area contributed by atoms with Crippen molar-refractivity contribution in [2.24, 2.45) is 10.9 Å². The molecular weight excluding hydrogens is 471 g/mol. The fraction of sp³-hybridized carbons (Fsp3) is 0.632. The van der Waals surface area contributed by atoms with Crippen LogP contribution in [-0.4, -0.2) is 39.5 Å². The minimum atomic E-state index is 0. The van der Waals surface area contributed by atoms with Gasteiger partial charge < -0.3 is 14.8 Å². The molecule has 2 aromatic heterocycles. The minimum absolute atomic E-state index is 0. The number of thiazole rings is 1. The molecule has 2 heterocycles. The van der Waals surface area contributed by atoms with Crippen LogP contribution in [0.1, 0.15) is 48.1 Å². The van der Waals surface area contributed by atoms with Gasteiger partial charge in [-0.3, -0.25) is 4.99 Å². The Hall–Kier alpha value is -1.16. The zero-order chi connectivity index (χ0) is 18.5. The Morgan fingerprint density at radius 3 is 2.85 bits per heavy atom. The van der Waals surface area contributed by atoms with Gasteiger partial charge in [-0.25, -0.2) is 9.97 Å². The van der Waals surface area contributed by atoms with Gasteiger partial charge in [0.25, 0.3) is 0 Å². The van der Waals surface area contributed by atoms with E-state index in [0.29, 0.717) is 12.5 Å². The molecule has 2 aromatic rings. The van der Waals surface area contributed by atoms with Crippen LogP contribution in [0.2, 0.25) is 0 Å². The van der Waals surface area contributed by atoms with Crippen molar-refractivity contribution in [1.82, 2.24) is 24.8 Å². The molecule has 3 rings (SSSR count). The Morgan fingerprint density at radius 1 is 1.37 bits per heavy atom. The summed E-state index contributed by atoms with van der Waals surface area (Å²) in [5, 5.41) is 4.62. The molecule has 0 spiro atoms. The molecule has 8 heteroatoms. The van der Waals surface area contributed by atoms with Crippen LogP contribution in [0.5, 0.6) is 0 Å². The predicted molar refractivity (Wildman–Crippen MR) is 123 cm³/mol. The number of rotatable bonds is 6. The van der Waals surface area contributed by atoms with E-state index in [1.807, 2.05) is 30.8 Å². The third-order valence-corrected chi connectivity index (χ3v) is 5.75. The van der Waals surface area contributed by atoms with Crippen LogP contribution in [0.4, 0.5) is 0 Å². The van der Waals surface area contributed by atoms with E-state index in [9.17, 15) is 0 Å². The first kappa shape index (κ1) is 22.1. The maximum absolute atomic E-state index is 4.84. The average Bonchev–Trinajstić information content (AvgIpc) is 3.21. The van der Waals surface area contributed by atoms with Crippen LogP contribution in [0.25, 0.3) is 0 Å². The van der Waals surface area contributed by atoms with E-state index < -0.39 is 0 Å². The molecule has 0 radical (unpaired) electrons. The molecule has 0 unspecified atom stereocenters. The molecule has 0 atom stereocenters. The molecule has 0 bridgehead atoms. The number of fused-ring (bicyclic) bond motifs is 1. The molecule has 0 aromatic carbocycles. The first-order valence-corrected chi connectivity index (χ1v) is 10.3. The number of guanidine groups is 1. The number of hydrogen-bond donors (Lipinski definition) is 1. The molecule has 6 nitrogen and oxygen atoms in total. The molecule has 1 N–H and O–H groups in total. The van der Waals surface area contributed by atoms with E-state index in [1.54, 1.807) is 0 Å². The number of aromatic nitrogens is 3. The highest BCUT2D eigenvalue weighted by molar-refractivity contribution is 14.0. The Balaban J connectivity index is 0.00000261. The third kappa shape index (κ3) is 5.91. The van der Waals surface area contributed by atoms with Crippen LogP contribution in [0.3, 0.4) is 0 Å². The summed E-state index contributed by atoms with van der Waals surface area (Å²) in [6.07, 6.45) is 8.83. The summed E-state index contributed by atoms with van der Waals surface area (Å²) in [4.78, 5) is 17.4. The molecular formula is C19H31IN6S. The molecule has 150 valence electrons. The SMILES string of the molecule is CN=C(NCc1nccn1CC(C)C)N(C)Cc1nc2c(s1)CCCC2.I. The summed E-state index contributed by atoms with van der Waals surface area (Å²) >= 11 is 1.86. The largest absolute Gasteiger partial charge is 0.349 e. The van der Waals surface area contributed by atoms with Crippen molar-refractivity contribution in [1.29, 1.82) is 0 Å². The lowest BCUT2D eigenvalue weighted by Gasteiger charge is -2.21. The van der Waals surface area contributed by atoms with Crippen LogP contribution in [0, 0.1) is 5.92 Å². The van der Waals surface area contributed by atoms with Gasteiger partial charge >= 0.3 is 0 Å². The fourth-order valence-electron chi connectivity index (χ4n) is 3.36. The smallest absolute Gasteiger partial charge is 0.194 e. The molecule has 0 amide bonds. The normalized spacial score (nSPS) is 14.0. The number of aryl methyl sites for hydroxylation is 2. The van der Waals surface area contributed by atoms with Gasteiger partial charge in [0.05, 0.1) is 18.8 Å². The second-order valence-corrected chi connectivity index (χ2v) is 8.50. The number of halogens is 1. The zero-order valence-corrected chi connectivity index (χ0v) is 19.9. The van der Waals surface area contributed by atoms with Crippen molar-refractivity contribution >= 4 is 41.3 Å². The highest BCUT2D eigenvalue weighted by Gasteiger charge is 2.17. The number of nitrogens with zero attached hydrogens (tertiary/aromatic N) is 5. The Kier molecular flexibility index (Phi) is 8.53. The maximum atomic E-state index is 4.84. The van der Waals surface area contributed by atoms with Gasteiger partial charge in [0.15, 0.2) is 5.96 Å². The summed E-state index contributed by atoms with van der Waals surface area (Å²) < 4.78 is 2.21. The fourth-order valence-corrected chi connectivity index (χ4v) is 4.57. The van der Waals surface area contributed by atoms with E-state index in [-0.39, 0.29) is 24.0 Å². The number of aliphatic imine (C=N–C) groups is 1. The lowest BCUT2D eigenvalue weighted by atomic mass is 10.0. The number of hydrogen-bond acceptors (Lipinski definition) is 4. The Morgan fingerprint density at radius 2 is 2.15 bits per heavy atom. The van der Waals surface area contributed by atoms with Crippen LogP contribution >= 0.6 is 35.3 Å². The van der Waals surface area contributed by atoms with Crippen molar-refractivity contribution in [3.8, 4) is 0 Å². The summed E-state index contributed by atoms with van der Waals surface area (Å²) in [7, 11) is 3.89. The van der Waals surface area contributed by atoms with Gasteiger partial charge in [0, 0.05) is 37.9 Å². The summed E-state index contributed by atoms with van der Waals surface area (Å²) in [6.45, 7) is 6.88. The van der Waals surface area contributed by atoms with E-state index >= 15 is 0 Å². The highest BCUT2D eigenvalue weighted by Crippen LogP contribution is 2.27. The molecule has 1 aliphatic rings. The average molecular weight is 502 g/mol. The topological polar surface area (TPSA) is 58.3 Å². The lowest BCUT2D eigenvalue weighted by molar-refractivity contribution is 0.466. The number of nitrogens with one attached hydrogen (secondary N) is 1.